The van der Waals surface area contributed by atoms with Crippen molar-refractivity contribution in [3.05, 3.63) is 57.6 Å². The molecule has 8 heteroatoms. The van der Waals surface area contributed by atoms with Crippen LogP contribution in [0, 0.1) is 6.92 Å². The Bertz CT molecular complexity index is 763. The molecule has 0 radical (unpaired) electrons. The predicted molar refractivity (Wildman–Crippen MR) is 86.8 cm³/mol. The number of carbonyl (C=O) groups excluding carboxylic acids is 1. The number of rotatable bonds is 4. The summed E-state index contributed by atoms with van der Waals surface area (Å²) in [6.45, 7) is 1.29. The predicted octanol–water partition coefficient (Wildman–Crippen LogP) is 5.34. The van der Waals surface area contributed by atoms with Crippen molar-refractivity contribution in [2.45, 2.75) is 13.1 Å². The van der Waals surface area contributed by atoms with Crippen LogP contribution in [0.2, 0.25) is 10.0 Å². The number of hydrogen-bond acceptors (Lipinski definition) is 2. The highest BCUT2D eigenvalue weighted by atomic mass is 35.5. The molecule has 0 aliphatic heterocycles. The summed E-state index contributed by atoms with van der Waals surface area (Å²) in [6, 6.07) is 8.03. The molecular weight excluding hydrogens is 366 g/mol. The van der Waals surface area contributed by atoms with Crippen LogP contribution in [-0.2, 0) is 11.0 Å². The van der Waals surface area contributed by atoms with E-state index >= 15 is 0 Å². The van der Waals surface area contributed by atoms with Crippen LogP contribution >= 0.6 is 23.2 Å². The monoisotopic (exact) mass is 377 g/mol. The number of carbonyl (C=O) groups is 1. The van der Waals surface area contributed by atoms with Crippen LogP contribution < -0.4 is 10.1 Å². The molecule has 24 heavy (non-hydrogen) atoms. The van der Waals surface area contributed by atoms with Gasteiger partial charge < -0.3 is 10.1 Å². The third kappa shape index (κ3) is 4.55. The van der Waals surface area contributed by atoms with Crippen molar-refractivity contribution in [2.24, 2.45) is 0 Å². The van der Waals surface area contributed by atoms with Gasteiger partial charge in [-0.3, -0.25) is 4.79 Å². The average Bonchev–Trinajstić information content (AvgIpc) is 2.49. The maximum atomic E-state index is 13.0. The first-order valence-electron chi connectivity index (χ1n) is 6.73. The zero-order valence-corrected chi connectivity index (χ0v) is 13.9. The van der Waals surface area contributed by atoms with Gasteiger partial charge in [-0.2, -0.15) is 13.2 Å². The Balaban J connectivity index is 2.09. The number of amides is 1. The first-order valence-corrected chi connectivity index (χ1v) is 7.48. The summed E-state index contributed by atoms with van der Waals surface area (Å²) in [7, 11) is 0. The van der Waals surface area contributed by atoms with E-state index in [0.717, 1.165) is 17.7 Å². The van der Waals surface area contributed by atoms with Gasteiger partial charge in [0.1, 0.15) is 5.75 Å². The van der Waals surface area contributed by atoms with E-state index in [1.807, 2.05) is 0 Å². The Labute approximate surface area is 146 Å². The maximum Gasteiger partial charge on any atom is 0.418 e. The number of anilines is 1. The Kier molecular flexibility index (Phi) is 5.62. The molecule has 128 valence electrons. The van der Waals surface area contributed by atoms with E-state index in [1.165, 1.54) is 6.07 Å². The minimum atomic E-state index is -4.64. The van der Waals surface area contributed by atoms with Crippen LogP contribution in [0.3, 0.4) is 0 Å². The van der Waals surface area contributed by atoms with Gasteiger partial charge in [-0.25, -0.2) is 0 Å². The molecule has 0 spiro atoms. The molecule has 0 aliphatic rings. The lowest BCUT2D eigenvalue weighted by Gasteiger charge is -2.15. The molecule has 0 bridgehead atoms. The fourth-order valence-electron chi connectivity index (χ4n) is 1.92. The molecule has 2 rings (SSSR count). The summed E-state index contributed by atoms with van der Waals surface area (Å²) in [4.78, 5) is 11.9. The van der Waals surface area contributed by atoms with E-state index in [4.69, 9.17) is 27.9 Å². The highest BCUT2D eigenvalue weighted by Crippen LogP contribution is 2.38. The van der Waals surface area contributed by atoms with E-state index < -0.39 is 29.9 Å². The molecule has 0 fully saturated rings. The Morgan fingerprint density at radius 3 is 2.50 bits per heavy atom. The quantitative estimate of drug-likeness (QED) is 0.780. The van der Waals surface area contributed by atoms with E-state index in [0.29, 0.717) is 10.8 Å². The fraction of sp³-hybridized carbons (Fsp3) is 0.188. The molecule has 0 saturated heterocycles. The van der Waals surface area contributed by atoms with Crippen molar-refractivity contribution >= 4 is 34.8 Å². The van der Waals surface area contributed by atoms with Gasteiger partial charge in [0, 0.05) is 5.02 Å². The summed E-state index contributed by atoms with van der Waals surface area (Å²) < 4.78 is 44.1. The van der Waals surface area contributed by atoms with Crippen molar-refractivity contribution in [3.63, 3.8) is 0 Å². The number of hydrogen-bond donors (Lipinski definition) is 1. The van der Waals surface area contributed by atoms with E-state index in [2.05, 4.69) is 5.32 Å². The zero-order chi connectivity index (χ0) is 17.9. The van der Waals surface area contributed by atoms with Crippen LogP contribution in [0.25, 0.3) is 0 Å². The summed E-state index contributed by atoms with van der Waals surface area (Å²) in [5.41, 5.74) is -0.765. The van der Waals surface area contributed by atoms with Gasteiger partial charge in [0.25, 0.3) is 5.91 Å². The maximum absolute atomic E-state index is 13.0. The van der Waals surface area contributed by atoms with Gasteiger partial charge in [-0.15, -0.1) is 0 Å². The van der Waals surface area contributed by atoms with Crippen molar-refractivity contribution < 1.29 is 22.7 Å². The van der Waals surface area contributed by atoms with Gasteiger partial charge >= 0.3 is 6.18 Å². The van der Waals surface area contributed by atoms with Gasteiger partial charge in [0.05, 0.1) is 16.3 Å². The second-order valence-electron chi connectivity index (χ2n) is 4.91. The minimum absolute atomic E-state index is 0.208. The van der Waals surface area contributed by atoms with Crippen LogP contribution in [0.4, 0.5) is 18.9 Å². The van der Waals surface area contributed by atoms with Crippen LogP contribution in [0.15, 0.2) is 36.4 Å². The van der Waals surface area contributed by atoms with Crippen LogP contribution in [0.5, 0.6) is 5.75 Å². The summed E-state index contributed by atoms with van der Waals surface area (Å²) >= 11 is 11.6. The van der Waals surface area contributed by atoms with Gasteiger partial charge in [-0.1, -0.05) is 29.3 Å². The molecule has 0 aromatic heterocycles. The van der Waals surface area contributed by atoms with Crippen molar-refractivity contribution in [3.8, 4) is 5.75 Å². The molecule has 0 aliphatic carbocycles. The molecule has 0 atom stereocenters. The Hall–Kier alpha value is -1.92. The van der Waals surface area contributed by atoms with Crippen molar-refractivity contribution in [2.75, 3.05) is 11.9 Å². The first-order chi connectivity index (χ1) is 11.2. The molecule has 2 aromatic rings. The normalized spacial score (nSPS) is 11.2. The molecule has 1 amide bonds. The highest BCUT2D eigenvalue weighted by Gasteiger charge is 2.34. The highest BCUT2D eigenvalue weighted by molar-refractivity contribution is 6.34. The number of aryl methyl sites for hydroxylation is 1. The number of nitrogens with one attached hydrogen (secondary N) is 1. The third-order valence-electron chi connectivity index (χ3n) is 3.08. The largest absolute Gasteiger partial charge is 0.484 e. The van der Waals surface area contributed by atoms with Gasteiger partial charge in [0.15, 0.2) is 6.61 Å². The van der Waals surface area contributed by atoms with Gasteiger partial charge in [-0.05, 0) is 42.8 Å². The minimum Gasteiger partial charge on any atom is -0.484 e. The van der Waals surface area contributed by atoms with Crippen LogP contribution in [0.1, 0.15) is 11.1 Å². The number of benzene rings is 2. The second-order valence-corrected chi connectivity index (χ2v) is 5.72. The molecule has 3 nitrogen and oxygen atoms in total. The van der Waals surface area contributed by atoms with E-state index in [9.17, 15) is 18.0 Å². The van der Waals surface area contributed by atoms with Gasteiger partial charge in [0.2, 0.25) is 0 Å². The number of ether oxygens (including phenoxy) is 1. The van der Waals surface area contributed by atoms with Crippen molar-refractivity contribution in [1.82, 2.24) is 0 Å². The number of halogens is 5. The smallest absolute Gasteiger partial charge is 0.418 e. The molecule has 0 heterocycles. The second kappa shape index (κ2) is 7.32. The lowest BCUT2D eigenvalue weighted by molar-refractivity contribution is -0.137. The molecular formula is C16H12Cl2F3NO2. The number of para-hydroxylation sites is 1. The fourth-order valence-corrected chi connectivity index (χ4v) is 2.26. The molecule has 2 aromatic carbocycles. The standard InChI is InChI=1S/C16H12Cl2F3NO2/c1-9-7-10(5-6-12(9)17)24-8-14(23)22-15-11(16(19,20)21)3-2-4-13(15)18/h2-7H,8H2,1H3,(H,22,23). The molecule has 0 saturated carbocycles. The SMILES string of the molecule is Cc1cc(OCC(=O)Nc2c(Cl)cccc2C(F)(F)F)ccc1Cl. The van der Waals surface area contributed by atoms with Crippen molar-refractivity contribution in [1.29, 1.82) is 0 Å². The topological polar surface area (TPSA) is 38.3 Å². The lowest BCUT2D eigenvalue weighted by atomic mass is 10.1. The summed E-state index contributed by atoms with van der Waals surface area (Å²) in [5.74, 6) is -0.386. The summed E-state index contributed by atoms with van der Waals surface area (Å²) in [5, 5.41) is 2.47. The third-order valence-corrected chi connectivity index (χ3v) is 3.82. The zero-order valence-electron chi connectivity index (χ0n) is 12.4. The Morgan fingerprint density at radius 2 is 1.88 bits per heavy atom. The molecule has 0 unspecified atom stereocenters. The lowest BCUT2D eigenvalue weighted by Crippen LogP contribution is -2.22. The summed E-state index contributed by atoms with van der Waals surface area (Å²) in [6.07, 6.45) is -4.64. The first kappa shape index (κ1) is 18.4. The van der Waals surface area contributed by atoms with E-state index in [-0.39, 0.29) is 5.02 Å². The van der Waals surface area contributed by atoms with Crippen LogP contribution in [-0.4, -0.2) is 12.5 Å². The van der Waals surface area contributed by atoms with E-state index in [1.54, 1.807) is 25.1 Å². The average molecular weight is 378 g/mol. The molecule has 1 N–H and O–H groups in total. The Morgan fingerprint density at radius 1 is 1.17 bits per heavy atom. The number of alkyl halides is 3.